The number of rotatable bonds is 3. The molecule has 0 aliphatic heterocycles. The van der Waals surface area contributed by atoms with Crippen LogP contribution >= 0.6 is 0 Å². The summed E-state index contributed by atoms with van der Waals surface area (Å²) >= 11 is 0. The van der Waals surface area contributed by atoms with Gasteiger partial charge in [0.2, 0.25) is 0 Å². The van der Waals surface area contributed by atoms with Crippen LogP contribution in [0.15, 0.2) is 18.2 Å². The number of phenols is 2. The summed E-state index contributed by atoms with van der Waals surface area (Å²) in [4.78, 5) is 0. The smallest absolute Gasteiger partial charge is 0.124 e. The van der Waals surface area contributed by atoms with Gasteiger partial charge in [0.15, 0.2) is 0 Å². The maximum atomic E-state index is 9.57. The zero-order valence-electron chi connectivity index (χ0n) is 8.78. The Hall–Kier alpha value is -1.22. The van der Waals surface area contributed by atoms with E-state index in [1.807, 2.05) is 20.8 Å². The minimum atomic E-state index is -0.0591. The predicted molar refractivity (Wildman–Crippen MR) is 56.5 cm³/mol. The van der Waals surface area contributed by atoms with Gasteiger partial charge in [-0.05, 0) is 19.1 Å². The summed E-state index contributed by atoms with van der Waals surface area (Å²) < 4.78 is 0. The fraction of sp³-hybridized carbons (Fsp3) is 0.455. The Balaban J connectivity index is 2.94. The molecule has 3 heteroatoms. The van der Waals surface area contributed by atoms with Crippen molar-refractivity contribution in [3.63, 3.8) is 0 Å². The van der Waals surface area contributed by atoms with E-state index >= 15 is 0 Å². The van der Waals surface area contributed by atoms with Crippen LogP contribution in [0.1, 0.15) is 32.4 Å². The monoisotopic (exact) mass is 195 g/mol. The van der Waals surface area contributed by atoms with Crippen molar-refractivity contribution in [2.45, 2.75) is 32.9 Å². The van der Waals surface area contributed by atoms with E-state index in [2.05, 4.69) is 5.32 Å². The molecule has 0 heterocycles. The van der Waals surface area contributed by atoms with Gasteiger partial charge in [-0.1, -0.05) is 19.9 Å². The summed E-state index contributed by atoms with van der Waals surface area (Å²) in [6.07, 6.45) is 0. The molecule has 1 rings (SSSR count). The molecule has 0 spiro atoms. The third-order valence-electron chi connectivity index (χ3n) is 2.08. The maximum Gasteiger partial charge on any atom is 0.124 e. The molecule has 1 aromatic carbocycles. The average Bonchev–Trinajstić information content (AvgIpc) is 2.01. The molecule has 0 aliphatic rings. The van der Waals surface area contributed by atoms with Crippen molar-refractivity contribution in [1.82, 2.24) is 5.32 Å². The first-order valence-corrected chi connectivity index (χ1v) is 4.79. The molecule has 0 fully saturated rings. The van der Waals surface area contributed by atoms with E-state index in [-0.39, 0.29) is 17.5 Å². The van der Waals surface area contributed by atoms with Gasteiger partial charge in [0.05, 0.1) is 5.56 Å². The van der Waals surface area contributed by atoms with Crippen molar-refractivity contribution in [3.05, 3.63) is 23.8 Å². The molecule has 0 amide bonds. The summed E-state index contributed by atoms with van der Waals surface area (Å²) in [7, 11) is 0. The first kappa shape index (κ1) is 10.9. The number of hydrogen-bond acceptors (Lipinski definition) is 3. The highest BCUT2D eigenvalue weighted by Gasteiger charge is 2.14. The van der Waals surface area contributed by atoms with E-state index in [1.165, 1.54) is 0 Å². The highest BCUT2D eigenvalue weighted by atomic mass is 16.3. The number of benzene rings is 1. The topological polar surface area (TPSA) is 52.5 Å². The molecule has 3 N–H and O–H groups in total. The molecule has 1 atom stereocenters. The largest absolute Gasteiger partial charge is 0.507 e. The van der Waals surface area contributed by atoms with Crippen LogP contribution in [0.4, 0.5) is 0 Å². The zero-order valence-corrected chi connectivity index (χ0v) is 8.78. The Kier molecular flexibility index (Phi) is 3.36. The maximum absolute atomic E-state index is 9.57. The lowest BCUT2D eigenvalue weighted by molar-refractivity contribution is 0.410. The molecule has 0 aromatic heterocycles. The van der Waals surface area contributed by atoms with Crippen LogP contribution in [-0.4, -0.2) is 16.3 Å². The van der Waals surface area contributed by atoms with Crippen molar-refractivity contribution < 1.29 is 10.2 Å². The van der Waals surface area contributed by atoms with E-state index < -0.39 is 0 Å². The summed E-state index contributed by atoms with van der Waals surface area (Å²) in [6.45, 7) is 5.95. The summed E-state index contributed by atoms with van der Waals surface area (Å²) in [5.41, 5.74) is 0.557. The van der Waals surface area contributed by atoms with Crippen LogP contribution < -0.4 is 5.32 Å². The lowest BCUT2D eigenvalue weighted by Crippen LogP contribution is -2.26. The van der Waals surface area contributed by atoms with Crippen LogP contribution in [0.3, 0.4) is 0 Å². The SMILES string of the molecule is CC(C)NC(C)c1c(O)cccc1O. The molecule has 14 heavy (non-hydrogen) atoms. The average molecular weight is 195 g/mol. The summed E-state index contributed by atoms with van der Waals surface area (Å²) in [6, 6.07) is 5.03. The number of nitrogens with one attached hydrogen (secondary N) is 1. The molecule has 3 nitrogen and oxygen atoms in total. The van der Waals surface area contributed by atoms with Crippen molar-refractivity contribution in [2.75, 3.05) is 0 Å². The van der Waals surface area contributed by atoms with E-state index in [0.29, 0.717) is 11.6 Å². The highest BCUT2D eigenvalue weighted by molar-refractivity contribution is 5.44. The van der Waals surface area contributed by atoms with Crippen LogP contribution in [0.25, 0.3) is 0 Å². The standard InChI is InChI=1S/C11H17NO2/c1-7(2)12-8(3)11-9(13)5-4-6-10(11)14/h4-8,12-14H,1-3H3. The van der Waals surface area contributed by atoms with Crippen LogP contribution in [0, 0.1) is 0 Å². The van der Waals surface area contributed by atoms with Gasteiger partial charge in [-0.15, -0.1) is 0 Å². The molecule has 1 aromatic rings. The molecule has 0 radical (unpaired) electrons. The molecule has 1 unspecified atom stereocenters. The van der Waals surface area contributed by atoms with Crippen molar-refractivity contribution in [2.24, 2.45) is 0 Å². The number of phenolic OH excluding ortho intramolecular Hbond substituents is 2. The van der Waals surface area contributed by atoms with Crippen molar-refractivity contribution >= 4 is 0 Å². The highest BCUT2D eigenvalue weighted by Crippen LogP contribution is 2.32. The molecule has 0 bridgehead atoms. The third kappa shape index (κ3) is 2.39. The van der Waals surface area contributed by atoms with Crippen LogP contribution in [0.5, 0.6) is 11.5 Å². The molecule has 78 valence electrons. The number of aromatic hydroxyl groups is 2. The van der Waals surface area contributed by atoms with Crippen molar-refractivity contribution in [1.29, 1.82) is 0 Å². The Bertz CT molecular complexity index is 290. The van der Waals surface area contributed by atoms with Gasteiger partial charge < -0.3 is 15.5 Å². The van der Waals surface area contributed by atoms with Gasteiger partial charge in [0, 0.05) is 12.1 Å². The molecule has 0 saturated heterocycles. The summed E-state index contributed by atoms with van der Waals surface area (Å²) in [5, 5.41) is 22.4. The van der Waals surface area contributed by atoms with E-state index in [9.17, 15) is 10.2 Å². The second-order valence-corrected chi connectivity index (χ2v) is 3.75. The Labute approximate surface area is 84.4 Å². The molecular weight excluding hydrogens is 178 g/mol. The van der Waals surface area contributed by atoms with Gasteiger partial charge >= 0.3 is 0 Å². The van der Waals surface area contributed by atoms with E-state index in [0.717, 1.165) is 0 Å². The molecule has 0 saturated carbocycles. The minimum Gasteiger partial charge on any atom is -0.507 e. The first-order valence-electron chi connectivity index (χ1n) is 4.79. The fourth-order valence-corrected chi connectivity index (χ4v) is 1.57. The zero-order chi connectivity index (χ0) is 10.7. The minimum absolute atomic E-state index is 0.0591. The lowest BCUT2D eigenvalue weighted by Gasteiger charge is -2.19. The normalized spacial score (nSPS) is 13.1. The second-order valence-electron chi connectivity index (χ2n) is 3.75. The molecular formula is C11H17NO2. The lowest BCUT2D eigenvalue weighted by atomic mass is 10.1. The quantitative estimate of drug-likeness (QED) is 0.692. The van der Waals surface area contributed by atoms with Crippen molar-refractivity contribution in [3.8, 4) is 11.5 Å². The van der Waals surface area contributed by atoms with Crippen LogP contribution in [-0.2, 0) is 0 Å². The number of hydrogen-bond donors (Lipinski definition) is 3. The van der Waals surface area contributed by atoms with Gasteiger partial charge in [-0.3, -0.25) is 0 Å². The predicted octanol–water partition coefficient (Wildman–Crippen LogP) is 2.16. The Morgan fingerprint density at radius 1 is 1.07 bits per heavy atom. The van der Waals surface area contributed by atoms with Gasteiger partial charge in [-0.2, -0.15) is 0 Å². The van der Waals surface area contributed by atoms with Crippen LogP contribution in [0.2, 0.25) is 0 Å². The van der Waals surface area contributed by atoms with E-state index in [4.69, 9.17) is 0 Å². The first-order chi connectivity index (χ1) is 6.52. The van der Waals surface area contributed by atoms with Gasteiger partial charge in [0.25, 0.3) is 0 Å². The fourth-order valence-electron chi connectivity index (χ4n) is 1.57. The summed E-state index contributed by atoms with van der Waals surface area (Å²) in [5.74, 6) is 0.260. The van der Waals surface area contributed by atoms with Gasteiger partial charge in [-0.25, -0.2) is 0 Å². The Morgan fingerprint density at radius 3 is 2.00 bits per heavy atom. The van der Waals surface area contributed by atoms with E-state index in [1.54, 1.807) is 18.2 Å². The Morgan fingerprint density at radius 2 is 1.57 bits per heavy atom. The molecule has 0 aliphatic carbocycles. The second kappa shape index (κ2) is 4.33. The third-order valence-corrected chi connectivity index (χ3v) is 2.08. The van der Waals surface area contributed by atoms with Gasteiger partial charge in [0.1, 0.15) is 11.5 Å².